The number of nitrogens with zero attached hydrogens (tertiary/aromatic N) is 3. The Bertz CT molecular complexity index is 865. The van der Waals surface area contributed by atoms with Gasteiger partial charge in [-0.25, -0.2) is 4.98 Å². The minimum Gasteiger partial charge on any atom is -0.493 e. The number of methoxy groups -OCH3 is 3. The molecule has 9 nitrogen and oxygen atoms in total. The zero-order valence-corrected chi connectivity index (χ0v) is 17.9. The van der Waals surface area contributed by atoms with Gasteiger partial charge in [0, 0.05) is 55.6 Å². The van der Waals surface area contributed by atoms with E-state index in [1.54, 1.807) is 39.7 Å². The van der Waals surface area contributed by atoms with Gasteiger partial charge in [-0.3, -0.25) is 4.79 Å². The number of amides is 1. The smallest absolute Gasteiger partial charge is 0.229 e. The molecule has 30 heavy (non-hydrogen) atoms. The summed E-state index contributed by atoms with van der Waals surface area (Å²) in [6, 6.07) is 3.59. The Balaban J connectivity index is 1.65. The van der Waals surface area contributed by atoms with E-state index in [9.17, 15) is 4.79 Å². The van der Waals surface area contributed by atoms with Gasteiger partial charge in [-0.15, -0.1) is 0 Å². The van der Waals surface area contributed by atoms with E-state index in [2.05, 4.69) is 20.6 Å². The van der Waals surface area contributed by atoms with E-state index < -0.39 is 0 Å². The molecule has 162 valence electrons. The Morgan fingerprint density at radius 2 is 1.87 bits per heavy atom. The number of aromatic nitrogens is 2. The highest BCUT2D eigenvalue weighted by atomic mass is 16.5. The van der Waals surface area contributed by atoms with Crippen molar-refractivity contribution in [1.82, 2.24) is 14.9 Å². The molecule has 0 saturated carbocycles. The topological polar surface area (TPSA) is 97.8 Å². The lowest BCUT2D eigenvalue weighted by molar-refractivity contribution is -0.127. The summed E-state index contributed by atoms with van der Waals surface area (Å²) in [5.41, 5.74) is 1.66. The van der Waals surface area contributed by atoms with Crippen LogP contribution in [-0.4, -0.2) is 61.7 Å². The first-order chi connectivity index (χ1) is 14.5. The number of ether oxygens (including phenoxy) is 3. The van der Waals surface area contributed by atoms with Gasteiger partial charge in [0.2, 0.25) is 17.6 Å². The van der Waals surface area contributed by atoms with Crippen molar-refractivity contribution in [2.75, 3.05) is 51.6 Å². The van der Waals surface area contributed by atoms with Crippen LogP contribution in [0.3, 0.4) is 0 Å². The molecule has 1 fully saturated rings. The maximum absolute atomic E-state index is 11.7. The number of carbonyl (C=O) groups excluding carboxylic acids is 1. The second-order valence-corrected chi connectivity index (χ2v) is 7.03. The van der Waals surface area contributed by atoms with Gasteiger partial charge in [0.25, 0.3) is 0 Å². The van der Waals surface area contributed by atoms with Gasteiger partial charge in [0.15, 0.2) is 11.5 Å². The predicted molar refractivity (Wildman–Crippen MR) is 115 cm³/mol. The fourth-order valence-electron chi connectivity index (χ4n) is 3.38. The summed E-state index contributed by atoms with van der Waals surface area (Å²) < 4.78 is 16.1. The minimum absolute atomic E-state index is 0.255. The quantitative estimate of drug-likeness (QED) is 0.572. The van der Waals surface area contributed by atoms with E-state index in [0.29, 0.717) is 35.3 Å². The van der Waals surface area contributed by atoms with Crippen molar-refractivity contribution < 1.29 is 19.0 Å². The van der Waals surface area contributed by atoms with Gasteiger partial charge in [0.05, 0.1) is 21.3 Å². The van der Waals surface area contributed by atoms with Crippen molar-refractivity contribution in [3.63, 3.8) is 0 Å². The number of benzene rings is 1. The average Bonchev–Trinajstić information content (AvgIpc) is 3.17. The highest BCUT2D eigenvalue weighted by molar-refractivity contribution is 5.78. The predicted octanol–water partition coefficient (Wildman–Crippen LogP) is 2.98. The van der Waals surface area contributed by atoms with Crippen LogP contribution in [0, 0.1) is 6.92 Å². The molecule has 1 aliphatic rings. The molecule has 0 atom stereocenters. The molecule has 1 aliphatic heterocycles. The van der Waals surface area contributed by atoms with E-state index in [1.807, 2.05) is 11.8 Å². The Hall–Kier alpha value is -3.23. The van der Waals surface area contributed by atoms with E-state index in [4.69, 9.17) is 14.2 Å². The van der Waals surface area contributed by atoms with Crippen LogP contribution in [0.5, 0.6) is 17.2 Å². The third-order valence-corrected chi connectivity index (χ3v) is 4.96. The molecular formula is C21H29N5O4. The van der Waals surface area contributed by atoms with Crippen molar-refractivity contribution in [3.05, 3.63) is 23.9 Å². The third-order valence-electron chi connectivity index (χ3n) is 4.96. The molecule has 2 N–H and O–H groups in total. The lowest BCUT2D eigenvalue weighted by atomic mass is 10.2. The third kappa shape index (κ3) is 5.03. The van der Waals surface area contributed by atoms with E-state index in [0.717, 1.165) is 43.9 Å². The molecule has 2 heterocycles. The van der Waals surface area contributed by atoms with Crippen LogP contribution in [0.25, 0.3) is 0 Å². The highest BCUT2D eigenvalue weighted by Crippen LogP contribution is 2.40. The Labute approximate surface area is 176 Å². The summed E-state index contributed by atoms with van der Waals surface area (Å²) in [4.78, 5) is 22.6. The summed E-state index contributed by atoms with van der Waals surface area (Å²) in [7, 11) is 4.70. The second kappa shape index (κ2) is 10.00. The lowest BCUT2D eigenvalue weighted by Crippen LogP contribution is -2.27. The first-order valence-electron chi connectivity index (χ1n) is 9.98. The van der Waals surface area contributed by atoms with E-state index >= 15 is 0 Å². The minimum atomic E-state index is 0.255. The number of likely N-dealkylation sites (tertiary alicyclic amines) is 1. The summed E-state index contributed by atoms with van der Waals surface area (Å²) in [6.45, 7) is 4.32. The van der Waals surface area contributed by atoms with Crippen molar-refractivity contribution in [1.29, 1.82) is 0 Å². The normalized spacial score (nSPS) is 13.3. The summed E-state index contributed by atoms with van der Waals surface area (Å²) in [5.74, 6) is 3.07. The zero-order chi connectivity index (χ0) is 21.5. The highest BCUT2D eigenvalue weighted by Gasteiger charge is 2.19. The van der Waals surface area contributed by atoms with Gasteiger partial charge in [0.1, 0.15) is 5.82 Å². The number of rotatable bonds is 10. The van der Waals surface area contributed by atoms with Crippen molar-refractivity contribution in [2.45, 2.75) is 26.2 Å². The van der Waals surface area contributed by atoms with Crippen LogP contribution in [0.1, 0.15) is 24.8 Å². The number of carbonyl (C=O) groups is 1. The molecule has 1 amide bonds. The van der Waals surface area contributed by atoms with Crippen molar-refractivity contribution in [3.8, 4) is 17.2 Å². The fraction of sp³-hybridized carbons (Fsp3) is 0.476. The van der Waals surface area contributed by atoms with Gasteiger partial charge in [-0.05, 0) is 19.8 Å². The van der Waals surface area contributed by atoms with Gasteiger partial charge in [-0.1, -0.05) is 0 Å². The monoisotopic (exact) mass is 415 g/mol. The number of anilines is 3. The van der Waals surface area contributed by atoms with Crippen LogP contribution in [-0.2, 0) is 4.79 Å². The number of aryl methyl sites for hydroxylation is 1. The average molecular weight is 415 g/mol. The number of hydrogen-bond donors (Lipinski definition) is 2. The standard InChI is InChI=1S/C21H29N5O4/c1-14-13-23-21(24-15-11-16(28-2)19(30-4)17(12-15)29-3)25-20(14)22-8-6-10-26-9-5-7-18(26)27/h11-13H,5-10H2,1-4H3,(H2,22,23,24,25). The molecule has 1 aromatic heterocycles. The van der Waals surface area contributed by atoms with Crippen molar-refractivity contribution >= 4 is 23.4 Å². The molecule has 0 unspecified atom stereocenters. The van der Waals surface area contributed by atoms with E-state index in [-0.39, 0.29) is 5.91 Å². The van der Waals surface area contributed by atoms with Crippen LogP contribution >= 0.6 is 0 Å². The molecule has 0 spiro atoms. The number of hydrogen-bond acceptors (Lipinski definition) is 8. The summed E-state index contributed by atoms with van der Waals surface area (Å²) in [6.07, 6.45) is 4.27. The molecular weight excluding hydrogens is 386 g/mol. The van der Waals surface area contributed by atoms with Crippen LogP contribution in [0.15, 0.2) is 18.3 Å². The first-order valence-corrected chi connectivity index (χ1v) is 9.98. The second-order valence-electron chi connectivity index (χ2n) is 7.03. The van der Waals surface area contributed by atoms with Gasteiger partial charge >= 0.3 is 0 Å². The maximum atomic E-state index is 11.7. The largest absolute Gasteiger partial charge is 0.493 e. The maximum Gasteiger partial charge on any atom is 0.229 e. The SMILES string of the molecule is COc1cc(Nc2ncc(C)c(NCCCN3CCCC3=O)n2)cc(OC)c1OC. The van der Waals surface area contributed by atoms with Crippen molar-refractivity contribution in [2.24, 2.45) is 0 Å². The number of nitrogens with one attached hydrogen (secondary N) is 2. The Morgan fingerprint density at radius 1 is 1.13 bits per heavy atom. The van der Waals surface area contributed by atoms with Crippen LogP contribution in [0.4, 0.5) is 17.5 Å². The molecule has 9 heteroatoms. The summed E-state index contributed by atoms with van der Waals surface area (Å²) in [5, 5.41) is 6.53. The first kappa shape index (κ1) is 21.5. The van der Waals surface area contributed by atoms with E-state index in [1.165, 1.54) is 0 Å². The zero-order valence-electron chi connectivity index (χ0n) is 17.9. The fourth-order valence-corrected chi connectivity index (χ4v) is 3.38. The molecule has 1 aromatic carbocycles. The summed E-state index contributed by atoms with van der Waals surface area (Å²) >= 11 is 0. The molecule has 3 rings (SSSR count). The van der Waals surface area contributed by atoms with Crippen LogP contribution in [0.2, 0.25) is 0 Å². The lowest BCUT2D eigenvalue weighted by Gasteiger charge is -2.16. The Morgan fingerprint density at radius 3 is 2.47 bits per heavy atom. The molecule has 1 saturated heterocycles. The molecule has 2 aromatic rings. The Kier molecular flexibility index (Phi) is 7.16. The van der Waals surface area contributed by atoms with Crippen LogP contribution < -0.4 is 24.8 Å². The van der Waals surface area contributed by atoms with Gasteiger partial charge < -0.3 is 29.7 Å². The molecule has 0 aliphatic carbocycles. The molecule has 0 bridgehead atoms. The van der Waals surface area contributed by atoms with Gasteiger partial charge in [-0.2, -0.15) is 4.98 Å². The molecule has 0 radical (unpaired) electrons.